The fourth-order valence-corrected chi connectivity index (χ4v) is 2.64. The molecule has 0 saturated heterocycles. The molecule has 0 fully saturated rings. The maximum absolute atomic E-state index is 13.1. The Morgan fingerprint density at radius 1 is 1.35 bits per heavy atom. The molecule has 8 heteroatoms. The summed E-state index contributed by atoms with van der Waals surface area (Å²) in [4.78, 5) is 0. The number of nitrogens with zero attached hydrogens (tertiary/aromatic N) is 2. The first-order chi connectivity index (χ1) is 9.36. The van der Waals surface area contributed by atoms with Crippen LogP contribution in [-0.4, -0.2) is 9.78 Å². The second kappa shape index (κ2) is 5.55. The summed E-state index contributed by atoms with van der Waals surface area (Å²) < 4.78 is 41.3. The van der Waals surface area contributed by atoms with E-state index in [4.69, 9.17) is 5.84 Å². The highest BCUT2D eigenvalue weighted by Gasteiger charge is 2.36. The normalized spacial score (nSPS) is 13.5. The van der Waals surface area contributed by atoms with Gasteiger partial charge in [0.2, 0.25) is 0 Å². The van der Waals surface area contributed by atoms with Crippen LogP contribution in [0.1, 0.15) is 22.9 Å². The molecular formula is C12H12BrF3N4. The van der Waals surface area contributed by atoms with Gasteiger partial charge in [-0.2, -0.15) is 18.3 Å². The van der Waals surface area contributed by atoms with Gasteiger partial charge in [-0.25, -0.2) is 5.43 Å². The summed E-state index contributed by atoms with van der Waals surface area (Å²) in [6.07, 6.45) is -2.94. The van der Waals surface area contributed by atoms with E-state index in [1.807, 2.05) is 0 Å². The molecule has 1 aromatic carbocycles. The van der Waals surface area contributed by atoms with Crippen LogP contribution in [0.25, 0.3) is 0 Å². The highest BCUT2D eigenvalue weighted by Crippen LogP contribution is 2.37. The van der Waals surface area contributed by atoms with E-state index < -0.39 is 17.8 Å². The minimum atomic E-state index is -4.45. The molecule has 1 unspecified atom stereocenters. The molecule has 0 saturated carbocycles. The van der Waals surface area contributed by atoms with Crippen molar-refractivity contribution in [1.82, 2.24) is 15.2 Å². The zero-order valence-corrected chi connectivity index (χ0v) is 12.0. The first-order valence-electron chi connectivity index (χ1n) is 5.66. The lowest BCUT2D eigenvalue weighted by atomic mass is 9.98. The summed E-state index contributed by atoms with van der Waals surface area (Å²) in [5.41, 5.74) is 2.26. The number of benzene rings is 1. The third kappa shape index (κ3) is 2.72. The zero-order valence-electron chi connectivity index (χ0n) is 10.4. The van der Waals surface area contributed by atoms with E-state index in [1.54, 1.807) is 13.1 Å². The van der Waals surface area contributed by atoms with Crippen LogP contribution < -0.4 is 11.3 Å². The number of alkyl halides is 3. The van der Waals surface area contributed by atoms with Crippen molar-refractivity contribution in [1.29, 1.82) is 0 Å². The molecule has 108 valence electrons. The summed E-state index contributed by atoms with van der Waals surface area (Å²) >= 11 is 3.27. The SMILES string of the molecule is Cn1ncc(Br)c1C(NN)c1ccccc1C(F)(F)F. The van der Waals surface area contributed by atoms with Crippen molar-refractivity contribution in [3.05, 3.63) is 51.8 Å². The molecule has 0 spiro atoms. The maximum atomic E-state index is 13.1. The number of hydrogen-bond donors (Lipinski definition) is 2. The van der Waals surface area contributed by atoms with Crippen LogP contribution in [0, 0.1) is 0 Å². The van der Waals surface area contributed by atoms with Crippen LogP contribution in [-0.2, 0) is 13.2 Å². The quantitative estimate of drug-likeness (QED) is 0.662. The average Bonchev–Trinajstić information content (AvgIpc) is 2.71. The van der Waals surface area contributed by atoms with Crippen molar-refractivity contribution < 1.29 is 13.2 Å². The summed E-state index contributed by atoms with van der Waals surface area (Å²) in [5.74, 6) is 5.47. The Labute approximate surface area is 121 Å². The van der Waals surface area contributed by atoms with Gasteiger partial charge >= 0.3 is 6.18 Å². The van der Waals surface area contributed by atoms with Gasteiger partial charge in [-0.05, 0) is 27.6 Å². The molecule has 0 aliphatic heterocycles. The third-order valence-electron chi connectivity index (χ3n) is 2.95. The van der Waals surface area contributed by atoms with E-state index in [-0.39, 0.29) is 5.56 Å². The van der Waals surface area contributed by atoms with Crippen LogP contribution in [0.2, 0.25) is 0 Å². The molecule has 3 N–H and O–H groups in total. The van der Waals surface area contributed by atoms with E-state index in [0.29, 0.717) is 10.2 Å². The first kappa shape index (κ1) is 15.0. The second-order valence-electron chi connectivity index (χ2n) is 4.19. The average molecular weight is 349 g/mol. The number of aromatic nitrogens is 2. The van der Waals surface area contributed by atoms with Crippen molar-refractivity contribution in [3.8, 4) is 0 Å². The van der Waals surface area contributed by atoms with E-state index in [0.717, 1.165) is 6.07 Å². The molecule has 0 radical (unpaired) electrons. The predicted octanol–water partition coefficient (Wildman–Crippen LogP) is 2.75. The highest BCUT2D eigenvalue weighted by molar-refractivity contribution is 9.10. The fraction of sp³-hybridized carbons (Fsp3) is 0.250. The third-order valence-corrected chi connectivity index (χ3v) is 3.57. The topological polar surface area (TPSA) is 55.9 Å². The standard InChI is InChI=1S/C12H12BrF3N4/c1-20-11(9(13)6-18-20)10(19-17)7-4-2-3-5-8(7)12(14,15)16/h2-6,10,19H,17H2,1H3. The van der Waals surface area contributed by atoms with Crippen molar-refractivity contribution in [2.24, 2.45) is 12.9 Å². The monoisotopic (exact) mass is 348 g/mol. The van der Waals surface area contributed by atoms with Gasteiger partial charge < -0.3 is 0 Å². The molecular weight excluding hydrogens is 337 g/mol. The largest absolute Gasteiger partial charge is 0.416 e. The Morgan fingerprint density at radius 2 is 2.00 bits per heavy atom. The van der Waals surface area contributed by atoms with Gasteiger partial charge in [0.15, 0.2) is 0 Å². The lowest BCUT2D eigenvalue weighted by molar-refractivity contribution is -0.138. The molecule has 0 bridgehead atoms. The minimum absolute atomic E-state index is 0.0480. The number of aryl methyl sites for hydroxylation is 1. The van der Waals surface area contributed by atoms with Gasteiger partial charge in [-0.1, -0.05) is 18.2 Å². The van der Waals surface area contributed by atoms with E-state index in [9.17, 15) is 13.2 Å². The molecule has 2 rings (SSSR count). The number of nitrogens with two attached hydrogens (primary N) is 1. The summed E-state index contributed by atoms with van der Waals surface area (Å²) in [6, 6.07) is 4.49. The Morgan fingerprint density at radius 3 is 2.50 bits per heavy atom. The Kier molecular flexibility index (Phi) is 4.17. The maximum Gasteiger partial charge on any atom is 0.416 e. The highest BCUT2D eigenvalue weighted by atomic mass is 79.9. The van der Waals surface area contributed by atoms with Crippen LogP contribution in [0.5, 0.6) is 0 Å². The second-order valence-corrected chi connectivity index (χ2v) is 5.04. The smallest absolute Gasteiger partial charge is 0.271 e. The van der Waals surface area contributed by atoms with Crippen molar-refractivity contribution in [3.63, 3.8) is 0 Å². The van der Waals surface area contributed by atoms with Crippen LogP contribution in [0.3, 0.4) is 0 Å². The number of hydrazine groups is 1. The molecule has 0 amide bonds. The molecule has 0 aliphatic carbocycles. The fourth-order valence-electron chi connectivity index (χ4n) is 2.07. The van der Waals surface area contributed by atoms with Gasteiger partial charge in [-0.3, -0.25) is 10.5 Å². The Hall–Kier alpha value is -1.38. The van der Waals surface area contributed by atoms with Crippen LogP contribution in [0.4, 0.5) is 13.2 Å². The molecule has 1 aromatic heterocycles. The van der Waals surface area contributed by atoms with Gasteiger partial charge in [-0.15, -0.1) is 0 Å². The number of hydrogen-bond acceptors (Lipinski definition) is 3. The minimum Gasteiger partial charge on any atom is -0.271 e. The lowest BCUT2D eigenvalue weighted by Crippen LogP contribution is -2.32. The van der Waals surface area contributed by atoms with Crippen molar-refractivity contribution >= 4 is 15.9 Å². The van der Waals surface area contributed by atoms with Gasteiger partial charge in [0, 0.05) is 7.05 Å². The van der Waals surface area contributed by atoms with E-state index in [1.165, 1.54) is 23.0 Å². The van der Waals surface area contributed by atoms with Gasteiger partial charge in [0.1, 0.15) is 0 Å². The van der Waals surface area contributed by atoms with Crippen molar-refractivity contribution in [2.45, 2.75) is 12.2 Å². The number of halogens is 4. The van der Waals surface area contributed by atoms with Crippen molar-refractivity contribution in [2.75, 3.05) is 0 Å². The number of rotatable bonds is 3. The Balaban J connectivity index is 2.60. The first-order valence-corrected chi connectivity index (χ1v) is 6.45. The van der Waals surface area contributed by atoms with Gasteiger partial charge in [0.05, 0.1) is 28.0 Å². The summed E-state index contributed by atoms with van der Waals surface area (Å²) in [5, 5.41) is 4.00. The molecule has 20 heavy (non-hydrogen) atoms. The number of nitrogens with one attached hydrogen (secondary N) is 1. The molecule has 1 heterocycles. The molecule has 1 atom stereocenters. The van der Waals surface area contributed by atoms with Crippen LogP contribution in [0.15, 0.2) is 34.9 Å². The lowest BCUT2D eigenvalue weighted by Gasteiger charge is -2.21. The summed E-state index contributed by atoms with van der Waals surface area (Å²) in [6.45, 7) is 0. The molecule has 4 nitrogen and oxygen atoms in total. The van der Waals surface area contributed by atoms with E-state index >= 15 is 0 Å². The Bertz CT molecular complexity index is 589. The predicted molar refractivity (Wildman–Crippen MR) is 71.5 cm³/mol. The zero-order chi connectivity index (χ0) is 14.9. The van der Waals surface area contributed by atoms with Crippen LogP contribution >= 0.6 is 15.9 Å². The van der Waals surface area contributed by atoms with Gasteiger partial charge in [0.25, 0.3) is 0 Å². The van der Waals surface area contributed by atoms with E-state index in [2.05, 4.69) is 26.5 Å². The molecule has 0 aliphatic rings. The molecule has 2 aromatic rings. The summed E-state index contributed by atoms with van der Waals surface area (Å²) in [7, 11) is 1.64.